The van der Waals surface area contributed by atoms with Crippen LogP contribution >= 0.6 is 0 Å². The summed E-state index contributed by atoms with van der Waals surface area (Å²) in [6.45, 7) is 6.49. The molecule has 1 aliphatic heterocycles. The molecular weight excluding hydrogens is 322 g/mol. The molecule has 8 nitrogen and oxygen atoms in total. The van der Waals surface area contributed by atoms with Crippen LogP contribution in [-0.2, 0) is 11.2 Å². The smallest absolute Gasteiger partial charge is 0.321 e. The predicted octanol–water partition coefficient (Wildman–Crippen LogP) is 1.41. The number of rotatable bonds is 5. The number of primary amides is 1. The second-order valence-corrected chi connectivity index (χ2v) is 6.64. The minimum absolute atomic E-state index is 0.129. The highest BCUT2D eigenvalue weighted by Gasteiger charge is 2.26. The zero-order valence-electron chi connectivity index (χ0n) is 14.8. The maximum absolute atomic E-state index is 12.1. The van der Waals surface area contributed by atoms with Crippen LogP contribution in [0, 0.1) is 5.41 Å². The summed E-state index contributed by atoms with van der Waals surface area (Å²) in [4.78, 5) is 37.1. The summed E-state index contributed by atoms with van der Waals surface area (Å²) in [5.41, 5.74) is 6.88. The van der Waals surface area contributed by atoms with Crippen LogP contribution < -0.4 is 26.6 Å². The highest BCUT2D eigenvalue weighted by Crippen LogP contribution is 2.30. The summed E-state index contributed by atoms with van der Waals surface area (Å²) >= 11 is 0. The first-order valence-corrected chi connectivity index (χ1v) is 8.27. The van der Waals surface area contributed by atoms with Crippen LogP contribution in [0.15, 0.2) is 18.2 Å². The second kappa shape index (κ2) is 7.42. The molecule has 0 atom stereocenters. The molecule has 1 aromatic rings. The molecule has 0 aliphatic carbocycles. The SMILES string of the molecule is CCNC(=O)N1CCc2ccc(NC(=O)NCC(C)(C)C(N)=O)cc21. The zero-order chi connectivity index (χ0) is 18.6. The number of nitrogens with two attached hydrogens (primary N) is 1. The molecule has 1 aromatic carbocycles. The lowest BCUT2D eigenvalue weighted by Gasteiger charge is -2.21. The fourth-order valence-electron chi connectivity index (χ4n) is 2.48. The molecule has 0 radical (unpaired) electrons. The number of amides is 5. The van der Waals surface area contributed by atoms with Gasteiger partial charge in [-0.05, 0) is 44.9 Å². The third-order valence-corrected chi connectivity index (χ3v) is 4.17. The molecule has 0 unspecified atom stereocenters. The molecule has 5 amide bonds. The largest absolute Gasteiger partial charge is 0.369 e. The molecule has 2 rings (SSSR count). The van der Waals surface area contributed by atoms with Gasteiger partial charge in [-0.15, -0.1) is 0 Å². The van der Waals surface area contributed by atoms with Crippen molar-refractivity contribution in [3.05, 3.63) is 23.8 Å². The van der Waals surface area contributed by atoms with Gasteiger partial charge in [-0.1, -0.05) is 6.07 Å². The molecule has 136 valence electrons. The van der Waals surface area contributed by atoms with Crippen molar-refractivity contribution in [1.29, 1.82) is 0 Å². The van der Waals surface area contributed by atoms with E-state index in [1.165, 1.54) is 0 Å². The van der Waals surface area contributed by atoms with Crippen molar-refractivity contribution in [2.75, 3.05) is 29.9 Å². The normalized spacial score (nSPS) is 13.2. The monoisotopic (exact) mass is 347 g/mol. The predicted molar refractivity (Wildman–Crippen MR) is 96.6 cm³/mol. The number of hydrogen-bond acceptors (Lipinski definition) is 3. The van der Waals surface area contributed by atoms with Crippen LogP contribution in [0.2, 0.25) is 0 Å². The molecule has 5 N–H and O–H groups in total. The van der Waals surface area contributed by atoms with E-state index in [1.807, 2.05) is 13.0 Å². The number of carbonyl (C=O) groups excluding carboxylic acids is 3. The minimum atomic E-state index is -0.829. The van der Waals surface area contributed by atoms with Crippen molar-refractivity contribution in [2.24, 2.45) is 11.1 Å². The molecule has 25 heavy (non-hydrogen) atoms. The maximum atomic E-state index is 12.1. The van der Waals surface area contributed by atoms with E-state index in [2.05, 4.69) is 16.0 Å². The zero-order valence-corrected chi connectivity index (χ0v) is 14.8. The average Bonchev–Trinajstić information content (AvgIpc) is 2.96. The molecular formula is C17H25N5O3. The van der Waals surface area contributed by atoms with Gasteiger partial charge < -0.3 is 21.7 Å². The number of urea groups is 2. The van der Waals surface area contributed by atoms with Crippen molar-refractivity contribution < 1.29 is 14.4 Å². The van der Waals surface area contributed by atoms with Gasteiger partial charge >= 0.3 is 12.1 Å². The molecule has 0 aromatic heterocycles. The number of anilines is 2. The van der Waals surface area contributed by atoms with Gasteiger partial charge in [0, 0.05) is 25.3 Å². The Bertz CT molecular complexity index is 687. The molecule has 0 saturated heterocycles. The standard InChI is InChI=1S/C17H25N5O3/c1-4-19-16(25)22-8-7-11-5-6-12(9-13(11)22)21-15(24)20-10-17(2,3)14(18)23/h5-6,9H,4,7-8,10H2,1-3H3,(H2,18,23)(H,19,25)(H2,20,21,24). The number of fused-ring (bicyclic) bond motifs is 1. The topological polar surface area (TPSA) is 117 Å². The summed E-state index contributed by atoms with van der Waals surface area (Å²) in [6.07, 6.45) is 0.783. The van der Waals surface area contributed by atoms with E-state index in [0.717, 1.165) is 17.7 Å². The van der Waals surface area contributed by atoms with Crippen molar-refractivity contribution in [2.45, 2.75) is 27.2 Å². The Morgan fingerprint density at radius 3 is 2.60 bits per heavy atom. The summed E-state index contributed by atoms with van der Waals surface area (Å²) in [5, 5.41) is 8.12. The van der Waals surface area contributed by atoms with Crippen molar-refractivity contribution in [3.8, 4) is 0 Å². The van der Waals surface area contributed by atoms with Gasteiger partial charge in [-0.25, -0.2) is 9.59 Å². The van der Waals surface area contributed by atoms with Gasteiger partial charge in [0.2, 0.25) is 5.91 Å². The first-order valence-electron chi connectivity index (χ1n) is 8.27. The van der Waals surface area contributed by atoms with Crippen LogP contribution in [0.1, 0.15) is 26.3 Å². The van der Waals surface area contributed by atoms with Crippen molar-refractivity contribution >= 4 is 29.3 Å². The highest BCUT2D eigenvalue weighted by molar-refractivity contribution is 5.96. The highest BCUT2D eigenvalue weighted by atomic mass is 16.2. The Morgan fingerprint density at radius 2 is 1.96 bits per heavy atom. The minimum Gasteiger partial charge on any atom is -0.369 e. The van der Waals surface area contributed by atoms with E-state index in [-0.39, 0.29) is 12.6 Å². The Kier molecular flexibility index (Phi) is 5.51. The first-order chi connectivity index (χ1) is 11.7. The second-order valence-electron chi connectivity index (χ2n) is 6.64. The fraction of sp³-hybridized carbons (Fsp3) is 0.471. The van der Waals surface area contributed by atoms with Gasteiger partial charge in [0.25, 0.3) is 0 Å². The fourth-order valence-corrected chi connectivity index (χ4v) is 2.48. The lowest BCUT2D eigenvalue weighted by Crippen LogP contribution is -2.43. The Balaban J connectivity index is 2.02. The van der Waals surface area contributed by atoms with Crippen LogP contribution in [0.3, 0.4) is 0 Å². The maximum Gasteiger partial charge on any atom is 0.321 e. The third-order valence-electron chi connectivity index (χ3n) is 4.17. The molecule has 1 heterocycles. The van der Waals surface area contributed by atoms with Crippen molar-refractivity contribution in [1.82, 2.24) is 10.6 Å². The number of nitrogens with zero attached hydrogens (tertiary/aromatic N) is 1. The molecule has 0 fully saturated rings. The molecule has 8 heteroatoms. The summed E-state index contributed by atoms with van der Waals surface area (Å²) < 4.78 is 0. The number of carbonyl (C=O) groups is 3. The number of nitrogens with one attached hydrogen (secondary N) is 3. The molecule has 0 spiro atoms. The average molecular weight is 347 g/mol. The number of benzene rings is 1. The van der Waals surface area contributed by atoms with Crippen LogP contribution in [0.5, 0.6) is 0 Å². The third kappa shape index (κ3) is 4.40. The van der Waals surface area contributed by atoms with Gasteiger partial charge in [0.1, 0.15) is 0 Å². The summed E-state index contributed by atoms with van der Waals surface area (Å²) in [6, 6.07) is 4.88. The van der Waals surface area contributed by atoms with Crippen LogP contribution in [0.4, 0.5) is 21.0 Å². The lowest BCUT2D eigenvalue weighted by atomic mass is 9.93. The van der Waals surface area contributed by atoms with E-state index >= 15 is 0 Å². The number of hydrogen-bond donors (Lipinski definition) is 4. The van der Waals surface area contributed by atoms with Gasteiger partial charge in [-0.3, -0.25) is 9.69 Å². The van der Waals surface area contributed by atoms with E-state index in [1.54, 1.807) is 30.9 Å². The van der Waals surface area contributed by atoms with Crippen molar-refractivity contribution in [3.63, 3.8) is 0 Å². The Labute approximate surface area is 147 Å². The summed E-state index contributed by atoms with van der Waals surface area (Å²) in [5.74, 6) is -0.483. The lowest BCUT2D eigenvalue weighted by molar-refractivity contribution is -0.125. The Morgan fingerprint density at radius 1 is 1.24 bits per heavy atom. The van der Waals surface area contributed by atoms with Crippen LogP contribution in [0.25, 0.3) is 0 Å². The van der Waals surface area contributed by atoms with E-state index in [9.17, 15) is 14.4 Å². The van der Waals surface area contributed by atoms with Gasteiger partial charge in [-0.2, -0.15) is 0 Å². The van der Waals surface area contributed by atoms with E-state index in [0.29, 0.717) is 18.8 Å². The molecule has 0 saturated carbocycles. The molecule has 0 bridgehead atoms. The van der Waals surface area contributed by atoms with E-state index in [4.69, 9.17) is 5.73 Å². The first kappa shape index (κ1) is 18.6. The molecule has 1 aliphatic rings. The van der Waals surface area contributed by atoms with Gasteiger partial charge in [0.15, 0.2) is 0 Å². The van der Waals surface area contributed by atoms with Gasteiger partial charge in [0.05, 0.1) is 11.1 Å². The van der Waals surface area contributed by atoms with Crippen LogP contribution in [-0.4, -0.2) is 37.6 Å². The Hall–Kier alpha value is -2.77. The van der Waals surface area contributed by atoms with E-state index < -0.39 is 17.4 Å². The quantitative estimate of drug-likeness (QED) is 0.645. The summed E-state index contributed by atoms with van der Waals surface area (Å²) in [7, 11) is 0.